The summed E-state index contributed by atoms with van der Waals surface area (Å²) >= 11 is 0. The highest BCUT2D eigenvalue weighted by atomic mass is 32.2. The lowest BCUT2D eigenvalue weighted by Gasteiger charge is -2.30. The number of aromatic nitrogens is 1. The average molecular weight is 814 g/mol. The normalized spacial score (nSPS) is 28.5. The third kappa shape index (κ3) is 8.10. The van der Waals surface area contributed by atoms with Crippen LogP contribution >= 0.6 is 0 Å². The molecule has 5 bridgehead atoms. The van der Waals surface area contributed by atoms with E-state index < -0.39 is 74.1 Å². The maximum absolute atomic E-state index is 14.7. The fourth-order valence-electron chi connectivity index (χ4n) is 8.38. The lowest BCUT2D eigenvalue weighted by Crippen LogP contribution is -2.58. The summed E-state index contributed by atoms with van der Waals surface area (Å²) in [6.45, 7) is 4.03. The van der Waals surface area contributed by atoms with E-state index in [1.165, 1.54) is 4.90 Å². The summed E-state index contributed by atoms with van der Waals surface area (Å²) in [6, 6.07) is 9.49. The number of methoxy groups -OCH3 is 1. The molecule has 58 heavy (non-hydrogen) atoms. The first-order valence-electron chi connectivity index (χ1n) is 20.3. The van der Waals surface area contributed by atoms with E-state index in [9.17, 15) is 27.6 Å². The minimum atomic E-state index is -3.90. The van der Waals surface area contributed by atoms with Gasteiger partial charge in [0.25, 0.3) is 5.91 Å². The highest BCUT2D eigenvalue weighted by Crippen LogP contribution is 2.46. The first-order valence-corrected chi connectivity index (χ1v) is 21.8. The van der Waals surface area contributed by atoms with Gasteiger partial charge in [0.1, 0.15) is 29.5 Å². The number of ether oxygens (including phenoxy) is 3. The molecule has 2 saturated carbocycles. The average Bonchev–Trinajstić information content (AvgIpc) is 4.12. The number of nitrogens with one attached hydrogen (secondary N) is 3. The van der Waals surface area contributed by atoms with E-state index in [1.807, 2.05) is 74.5 Å². The number of hydrogen-bond donors (Lipinski definition) is 3. The highest BCUT2D eigenvalue weighted by molar-refractivity contribution is 7.91. The lowest BCUT2D eigenvalue weighted by molar-refractivity contribution is -0.141. The molecule has 3 aliphatic heterocycles. The van der Waals surface area contributed by atoms with E-state index in [4.69, 9.17) is 19.2 Å². The minimum Gasteiger partial charge on any atom is -0.496 e. The fraction of sp³-hybridized carbons (Fsp3) is 0.512. The molecule has 0 spiro atoms. The Morgan fingerprint density at radius 1 is 1.02 bits per heavy atom. The molecule has 1 saturated heterocycles. The summed E-state index contributed by atoms with van der Waals surface area (Å²) in [5, 5.41) is 7.55. The van der Waals surface area contributed by atoms with Crippen molar-refractivity contribution in [2.75, 3.05) is 20.3 Å². The molecule has 4 amide bonds. The highest BCUT2D eigenvalue weighted by Gasteiger charge is 2.62. The Labute approximate surface area is 338 Å². The van der Waals surface area contributed by atoms with Crippen LogP contribution in [0.2, 0.25) is 0 Å². The molecule has 8 rings (SSSR count). The van der Waals surface area contributed by atoms with E-state index >= 15 is 0 Å². The van der Waals surface area contributed by atoms with Crippen molar-refractivity contribution in [1.82, 2.24) is 25.2 Å². The number of carbonyl (C=O) groups excluding carboxylic acids is 4. The lowest BCUT2D eigenvalue weighted by atomic mass is 9.90. The van der Waals surface area contributed by atoms with Crippen LogP contribution in [0, 0.1) is 11.3 Å². The van der Waals surface area contributed by atoms with Gasteiger partial charge in [-0.1, -0.05) is 69.2 Å². The minimum absolute atomic E-state index is 0.0192. The molecule has 4 heterocycles. The Morgan fingerprint density at radius 3 is 2.62 bits per heavy atom. The quantitative estimate of drug-likeness (QED) is 0.231. The number of alkyl carbamates (subject to hydrolysis) is 1. The second kappa shape index (κ2) is 15.5. The largest absolute Gasteiger partial charge is 0.496 e. The van der Waals surface area contributed by atoms with Crippen LogP contribution in [0.5, 0.6) is 11.6 Å². The van der Waals surface area contributed by atoms with Crippen molar-refractivity contribution in [2.24, 2.45) is 11.3 Å². The van der Waals surface area contributed by atoms with Gasteiger partial charge in [0.15, 0.2) is 0 Å². The molecule has 3 N–H and O–H groups in total. The van der Waals surface area contributed by atoms with Crippen molar-refractivity contribution in [2.45, 2.75) is 107 Å². The third-order valence-electron chi connectivity index (χ3n) is 12.0. The van der Waals surface area contributed by atoms with Gasteiger partial charge < -0.3 is 29.7 Å². The standard InChI is InChI=1S/C43H51N5O9S/c1-42(2)19-11-12-26-20-32-31(22-36(26)55-3)30-14-9-10-15-33(30)44-38(32)57-28-21-35-37(49)46-43(40(51)47-58(53,54)29-17-18-29)23-27(43)13-7-5-4-6-8-16-34(39(50)48(35)24-28)45-41(52)56-25-42/h7,9-15,20,22,27-29,34-35H,4-6,8,16-19,21,23-25H2,1-3H3,(H,45,52)(H,46,49)(H,47,51)/b12-11?,13-7-/t27-,28-,34+,35+,43-/m1/s1. The van der Waals surface area contributed by atoms with Gasteiger partial charge in [-0.3, -0.25) is 19.1 Å². The molecule has 2 aliphatic carbocycles. The Bertz CT molecular complexity index is 2320. The number of fused-ring (bicyclic) bond motifs is 6. The van der Waals surface area contributed by atoms with Gasteiger partial charge in [0, 0.05) is 39.5 Å². The van der Waals surface area contributed by atoms with E-state index in [0.29, 0.717) is 61.1 Å². The smallest absolute Gasteiger partial charge is 0.407 e. The number of cyclic esters (lactones) is 1. The Morgan fingerprint density at radius 2 is 1.83 bits per heavy atom. The van der Waals surface area contributed by atoms with Crippen molar-refractivity contribution in [3.8, 4) is 11.6 Å². The van der Waals surface area contributed by atoms with Crippen LogP contribution in [0.15, 0.2) is 54.6 Å². The van der Waals surface area contributed by atoms with Gasteiger partial charge in [0.05, 0.1) is 31.0 Å². The van der Waals surface area contributed by atoms with Crippen LogP contribution in [0.3, 0.4) is 0 Å². The number of nitrogens with zero attached hydrogens (tertiary/aromatic N) is 2. The van der Waals surface area contributed by atoms with Crippen LogP contribution < -0.4 is 24.8 Å². The summed E-state index contributed by atoms with van der Waals surface area (Å²) < 4.78 is 46.4. The van der Waals surface area contributed by atoms with Crippen LogP contribution in [0.1, 0.15) is 83.6 Å². The second-order valence-corrected chi connectivity index (χ2v) is 19.1. The van der Waals surface area contributed by atoms with Gasteiger partial charge in [-0.05, 0) is 63.1 Å². The molecule has 15 heteroatoms. The van der Waals surface area contributed by atoms with Crippen LogP contribution in [0.25, 0.3) is 27.8 Å². The molecule has 5 atom stereocenters. The maximum atomic E-state index is 14.7. The molecular weight excluding hydrogens is 763 g/mol. The number of pyridine rings is 1. The van der Waals surface area contributed by atoms with Crippen molar-refractivity contribution >= 4 is 61.6 Å². The maximum Gasteiger partial charge on any atom is 0.407 e. The number of sulfonamides is 1. The summed E-state index contributed by atoms with van der Waals surface area (Å²) in [5.74, 6) is -1.36. The zero-order chi connectivity index (χ0) is 40.8. The number of benzene rings is 2. The summed E-state index contributed by atoms with van der Waals surface area (Å²) in [4.78, 5) is 62.8. The molecule has 0 radical (unpaired) electrons. The van der Waals surface area contributed by atoms with Crippen molar-refractivity contribution in [3.05, 3.63) is 60.2 Å². The first kappa shape index (κ1) is 39.6. The zero-order valence-corrected chi connectivity index (χ0v) is 33.9. The van der Waals surface area contributed by atoms with E-state index in [-0.39, 0.29) is 26.0 Å². The number of amides is 4. The topological polar surface area (TPSA) is 182 Å². The van der Waals surface area contributed by atoms with Crippen LogP contribution in [-0.2, 0) is 29.1 Å². The third-order valence-corrected chi connectivity index (χ3v) is 13.8. The Kier molecular flexibility index (Phi) is 10.6. The first-order chi connectivity index (χ1) is 27.8. The van der Waals surface area contributed by atoms with Gasteiger partial charge in [-0.2, -0.15) is 0 Å². The molecule has 1 aromatic heterocycles. The van der Waals surface area contributed by atoms with Gasteiger partial charge >= 0.3 is 6.09 Å². The molecule has 2 aromatic carbocycles. The summed E-state index contributed by atoms with van der Waals surface area (Å²) in [5.41, 5.74) is -0.501. The van der Waals surface area contributed by atoms with E-state index in [0.717, 1.165) is 29.2 Å². The molecule has 3 fully saturated rings. The SMILES string of the molecule is COc1cc2c3cc1C=CCC(C)(C)COC(=O)N[C@H]1CCCCC/C=C\[C@@H]4C[C@@]4(C(=O)NS(=O)(=O)C4CC4)NC(=O)[C@@H]4C[C@H](CN4C1=O)Oc3nc1ccccc12. The predicted molar refractivity (Wildman–Crippen MR) is 217 cm³/mol. The fourth-order valence-corrected chi connectivity index (χ4v) is 9.74. The Hall–Kier alpha value is -5.18. The molecule has 0 unspecified atom stereocenters. The van der Waals surface area contributed by atoms with Gasteiger partial charge in [0.2, 0.25) is 27.7 Å². The van der Waals surface area contributed by atoms with Crippen molar-refractivity contribution < 1.29 is 41.8 Å². The number of carbonyl (C=O) groups is 4. The Balaban J connectivity index is 1.20. The molecule has 308 valence electrons. The number of para-hydroxylation sites is 1. The van der Waals surface area contributed by atoms with Gasteiger partial charge in [-0.15, -0.1) is 0 Å². The zero-order valence-electron chi connectivity index (χ0n) is 33.1. The summed E-state index contributed by atoms with van der Waals surface area (Å²) in [6.07, 6.45) is 11.3. The predicted octanol–water partition coefficient (Wildman–Crippen LogP) is 5.29. The molecule has 14 nitrogen and oxygen atoms in total. The molecular formula is C43H51N5O9S. The van der Waals surface area contributed by atoms with Crippen LogP contribution in [0.4, 0.5) is 4.79 Å². The molecule has 3 aromatic rings. The van der Waals surface area contributed by atoms with E-state index in [1.54, 1.807) is 7.11 Å². The van der Waals surface area contributed by atoms with Gasteiger partial charge in [-0.25, -0.2) is 18.2 Å². The second-order valence-electron chi connectivity index (χ2n) is 17.1. The van der Waals surface area contributed by atoms with Crippen molar-refractivity contribution in [3.63, 3.8) is 0 Å². The van der Waals surface area contributed by atoms with Crippen molar-refractivity contribution in [1.29, 1.82) is 0 Å². The number of allylic oxidation sites excluding steroid dienone is 2. The number of hydrogen-bond acceptors (Lipinski definition) is 10. The van der Waals surface area contributed by atoms with E-state index in [2.05, 4.69) is 15.4 Å². The number of rotatable bonds is 4. The summed E-state index contributed by atoms with van der Waals surface area (Å²) in [7, 11) is -2.29. The monoisotopic (exact) mass is 813 g/mol. The molecule has 5 aliphatic rings. The van der Waals surface area contributed by atoms with Crippen LogP contribution in [-0.4, -0.2) is 91.4 Å².